The largest absolute Gasteiger partial charge is 0.337 e. The average Bonchev–Trinajstić information content (AvgIpc) is 2.42. The molecule has 0 unspecified atom stereocenters. The van der Waals surface area contributed by atoms with Gasteiger partial charge in [-0.05, 0) is 45.8 Å². The molecule has 0 bridgehead atoms. The lowest BCUT2D eigenvalue weighted by atomic mass is 10.2. The zero-order valence-electron chi connectivity index (χ0n) is 10.6. The molecule has 0 aliphatic heterocycles. The summed E-state index contributed by atoms with van der Waals surface area (Å²) in [5, 5.41) is 1.12. The third-order valence-electron chi connectivity index (χ3n) is 2.74. The molecule has 2 rings (SSSR count). The molecule has 1 amide bonds. The van der Waals surface area contributed by atoms with Crippen molar-refractivity contribution in [3.05, 3.63) is 62.3 Å². The highest BCUT2D eigenvalue weighted by atomic mass is 79.9. The topological polar surface area (TPSA) is 33.2 Å². The number of hydrogen-bond donors (Lipinski definition) is 0. The Morgan fingerprint density at radius 2 is 2.05 bits per heavy atom. The monoisotopic (exact) mass is 372 g/mol. The van der Waals surface area contributed by atoms with Crippen LogP contribution in [0.5, 0.6) is 0 Å². The molecule has 0 spiro atoms. The maximum absolute atomic E-state index is 12.2. The minimum absolute atomic E-state index is 0.115. The van der Waals surface area contributed by atoms with Crippen LogP contribution < -0.4 is 0 Å². The molecule has 0 aliphatic rings. The summed E-state index contributed by atoms with van der Waals surface area (Å²) < 4.78 is 0.692. The highest BCUT2D eigenvalue weighted by Gasteiger charge is 2.13. The van der Waals surface area contributed by atoms with Gasteiger partial charge < -0.3 is 4.90 Å². The van der Waals surface area contributed by atoms with E-state index in [1.54, 1.807) is 36.2 Å². The number of carbonyl (C=O) groups is 1. The Hall–Kier alpha value is -1.10. The standard InChI is InChI=1S/C14H11BrCl2N2O/c1-19(8-10-2-4-11(16)6-12(10)17)14(20)9-3-5-13(15)18-7-9/h2-7H,8H2,1H3. The van der Waals surface area contributed by atoms with Crippen LogP contribution in [0.25, 0.3) is 0 Å². The van der Waals surface area contributed by atoms with E-state index in [1.165, 1.54) is 6.20 Å². The number of amides is 1. The fourth-order valence-electron chi connectivity index (χ4n) is 1.70. The number of benzene rings is 1. The molecule has 0 atom stereocenters. The molecule has 0 radical (unpaired) electrons. The van der Waals surface area contributed by atoms with E-state index < -0.39 is 0 Å². The molecule has 2 aromatic rings. The molecule has 3 nitrogen and oxygen atoms in total. The Balaban J connectivity index is 2.13. The molecule has 20 heavy (non-hydrogen) atoms. The number of nitrogens with zero attached hydrogens (tertiary/aromatic N) is 2. The van der Waals surface area contributed by atoms with Gasteiger partial charge in [0, 0.05) is 29.8 Å². The van der Waals surface area contributed by atoms with Gasteiger partial charge in [0.15, 0.2) is 0 Å². The third-order valence-corrected chi connectivity index (χ3v) is 3.80. The summed E-state index contributed by atoms with van der Waals surface area (Å²) in [6, 6.07) is 8.68. The highest BCUT2D eigenvalue weighted by molar-refractivity contribution is 9.10. The second-order valence-corrected chi connectivity index (χ2v) is 5.92. The van der Waals surface area contributed by atoms with E-state index in [2.05, 4.69) is 20.9 Å². The van der Waals surface area contributed by atoms with Gasteiger partial charge in [-0.15, -0.1) is 0 Å². The van der Waals surface area contributed by atoms with Crippen molar-refractivity contribution in [2.45, 2.75) is 6.54 Å². The summed E-state index contributed by atoms with van der Waals surface area (Å²) in [7, 11) is 1.72. The zero-order valence-corrected chi connectivity index (χ0v) is 13.7. The van der Waals surface area contributed by atoms with Crippen LogP contribution in [0.2, 0.25) is 10.0 Å². The highest BCUT2D eigenvalue weighted by Crippen LogP contribution is 2.22. The number of aromatic nitrogens is 1. The van der Waals surface area contributed by atoms with Gasteiger partial charge in [0.2, 0.25) is 0 Å². The molecule has 1 aromatic carbocycles. The number of carbonyl (C=O) groups excluding carboxylic acids is 1. The quantitative estimate of drug-likeness (QED) is 0.746. The molecule has 1 heterocycles. The van der Waals surface area contributed by atoms with E-state index >= 15 is 0 Å². The van der Waals surface area contributed by atoms with Gasteiger partial charge in [0.05, 0.1) is 5.56 Å². The van der Waals surface area contributed by atoms with Crippen LogP contribution in [-0.2, 0) is 6.54 Å². The van der Waals surface area contributed by atoms with Gasteiger partial charge in [-0.25, -0.2) is 4.98 Å². The summed E-state index contributed by atoms with van der Waals surface area (Å²) in [5.41, 5.74) is 1.37. The normalized spacial score (nSPS) is 10.4. The van der Waals surface area contributed by atoms with E-state index in [1.807, 2.05) is 6.07 Å². The minimum Gasteiger partial charge on any atom is -0.337 e. The van der Waals surface area contributed by atoms with E-state index in [9.17, 15) is 4.79 Å². The van der Waals surface area contributed by atoms with Crippen LogP contribution in [0.3, 0.4) is 0 Å². The van der Waals surface area contributed by atoms with E-state index in [0.29, 0.717) is 26.8 Å². The summed E-state index contributed by atoms with van der Waals surface area (Å²) in [5.74, 6) is -0.115. The second kappa shape index (κ2) is 6.57. The van der Waals surface area contributed by atoms with Gasteiger partial charge in [-0.2, -0.15) is 0 Å². The molecular formula is C14H11BrCl2N2O. The van der Waals surface area contributed by atoms with Gasteiger partial charge in [-0.3, -0.25) is 4.79 Å². The first-order valence-corrected chi connectivity index (χ1v) is 7.33. The first kappa shape index (κ1) is 15.3. The summed E-state index contributed by atoms with van der Waals surface area (Å²) in [6.07, 6.45) is 1.53. The Labute approximate surface area is 135 Å². The Morgan fingerprint density at radius 3 is 2.65 bits per heavy atom. The van der Waals surface area contributed by atoms with Crippen LogP contribution >= 0.6 is 39.1 Å². The number of halogens is 3. The molecule has 6 heteroatoms. The molecule has 1 aromatic heterocycles. The second-order valence-electron chi connectivity index (χ2n) is 4.27. The molecule has 104 valence electrons. The lowest BCUT2D eigenvalue weighted by Gasteiger charge is -2.18. The van der Waals surface area contributed by atoms with E-state index in [-0.39, 0.29) is 5.91 Å². The molecule has 0 saturated heterocycles. The van der Waals surface area contributed by atoms with Crippen molar-refractivity contribution in [2.24, 2.45) is 0 Å². The fraction of sp³-hybridized carbons (Fsp3) is 0.143. The van der Waals surface area contributed by atoms with Crippen molar-refractivity contribution < 1.29 is 4.79 Å². The smallest absolute Gasteiger partial charge is 0.255 e. The Morgan fingerprint density at radius 1 is 1.30 bits per heavy atom. The van der Waals surface area contributed by atoms with Gasteiger partial charge in [0.1, 0.15) is 4.60 Å². The van der Waals surface area contributed by atoms with Crippen molar-refractivity contribution in [1.29, 1.82) is 0 Å². The van der Waals surface area contributed by atoms with Crippen molar-refractivity contribution in [1.82, 2.24) is 9.88 Å². The molecule has 0 fully saturated rings. The third kappa shape index (κ3) is 3.72. The minimum atomic E-state index is -0.115. The maximum atomic E-state index is 12.2. The molecular weight excluding hydrogens is 363 g/mol. The van der Waals surface area contributed by atoms with Crippen molar-refractivity contribution in [3.8, 4) is 0 Å². The number of rotatable bonds is 3. The van der Waals surface area contributed by atoms with Crippen molar-refractivity contribution in [2.75, 3.05) is 7.05 Å². The number of pyridine rings is 1. The SMILES string of the molecule is CN(Cc1ccc(Cl)cc1Cl)C(=O)c1ccc(Br)nc1. The van der Waals surface area contributed by atoms with Crippen LogP contribution in [0, 0.1) is 0 Å². The zero-order chi connectivity index (χ0) is 14.7. The van der Waals surface area contributed by atoms with Crippen molar-refractivity contribution in [3.63, 3.8) is 0 Å². The molecule has 0 N–H and O–H groups in total. The number of hydrogen-bond acceptors (Lipinski definition) is 2. The lowest BCUT2D eigenvalue weighted by Crippen LogP contribution is -2.26. The van der Waals surface area contributed by atoms with E-state index in [0.717, 1.165) is 5.56 Å². The fourth-order valence-corrected chi connectivity index (χ4v) is 2.40. The van der Waals surface area contributed by atoms with Crippen molar-refractivity contribution >= 4 is 45.0 Å². The van der Waals surface area contributed by atoms with Gasteiger partial charge in [0.25, 0.3) is 5.91 Å². The van der Waals surface area contributed by atoms with Crippen LogP contribution in [0.15, 0.2) is 41.1 Å². The molecule has 0 saturated carbocycles. The first-order chi connectivity index (χ1) is 9.47. The van der Waals surface area contributed by atoms with Crippen LogP contribution in [0.4, 0.5) is 0 Å². The lowest BCUT2D eigenvalue weighted by molar-refractivity contribution is 0.0784. The summed E-state index contributed by atoms with van der Waals surface area (Å²) in [6.45, 7) is 0.408. The average molecular weight is 374 g/mol. The first-order valence-electron chi connectivity index (χ1n) is 5.78. The Bertz CT molecular complexity index is 632. The van der Waals surface area contributed by atoms with Gasteiger partial charge in [-0.1, -0.05) is 29.3 Å². The Kier molecular flexibility index (Phi) is 5.02. The summed E-state index contributed by atoms with van der Waals surface area (Å²) in [4.78, 5) is 17.9. The predicted octanol–water partition coefficient (Wildman–Crippen LogP) is 4.42. The maximum Gasteiger partial charge on any atom is 0.255 e. The van der Waals surface area contributed by atoms with Crippen LogP contribution in [0.1, 0.15) is 15.9 Å². The predicted molar refractivity (Wildman–Crippen MR) is 84.2 cm³/mol. The van der Waals surface area contributed by atoms with Crippen LogP contribution in [-0.4, -0.2) is 22.8 Å². The molecule has 0 aliphatic carbocycles. The van der Waals surface area contributed by atoms with E-state index in [4.69, 9.17) is 23.2 Å². The van der Waals surface area contributed by atoms with Gasteiger partial charge >= 0.3 is 0 Å². The summed E-state index contributed by atoms with van der Waals surface area (Å²) >= 11 is 15.2.